The van der Waals surface area contributed by atoms with E-state index >= 15 is 0 Å². The maximum atomic E-state index is 12.1. The number of benzene rings is 1. The number of carbonyl (C=O) groups excluding carboxylic acids is 2. The molecule has 0 unspecified atom stereocenters. The molecule has 0 radical (unpaired) electrons. The summed E-state index contributed by atoms with van der Waals surface area (Å²) < 4.78 is 1.98. The highest BCUT2D eigenvalue weighted by molar-refractivity contribution is 5.92. The first-order chi connectivity index (χ1) is 13.9. The van der Waals surface area contributed by atoms with Crippen LogP contribution < -0.4 is 5.32 Å². The largest absolute Gasteiger partial charge is 0.352 e. The molecule has 0 atom stereocenters. The van der Waals surface area contributed by atoms with Crippen LogP contribution in [-0.4, -0.2) is 46.1 Å². The second-order valence-corrected chi connectivity index (χ2v) is 7.69. The van der Waals surface area contributed by atoms with Gasteiger partial charge in [0.2, 0.25) is 11.8 Å². The average molecular weight is 395 g/mol. The van der Waals surface area contributed by atoms with Crippen LogP contribution >= 0.6 is 0 Å². The van der Waals surface area contributed by atoms with Crippen molar-refractivity contribution in [2.24, 2.45) is 0 Å². The third-order valence-corrected chi connectivity index (χ3v) is 5.37. The van der Waals surface area contributed by atoms with E-state index in [9.17, 15) is 9.59 Å². The molecule has 1 fully saturated rings. The summed E-state index contributed by atoms with van der Waals surface area (Å²) >= 11 is 0. The number of hydrogen-bond donors (Lipinski definition) is 1. The average Bonchev–Trinajstić information content (AvgIpc) is 3.22. The zero-order chi connectivity index (χ0) is 20.8. The van der Waals surface area contributed by atoms with Gasteiger partial charge in [0.25, 0.3) is 0 Å². The van der Waals surface area contributed by atoms with Gasteiger partial charge in [-0.25, -0.2) is 0 Å². The number of nitrogens with one attached hydrogen (secondary N) is 1. The van der Waals surface area contributed by atoms with Crippen molar-refractivity contribution in [1.29, 1.82) is 0 Å². The lowest BCUT2D eigenvalue weighted by Crippen LogP contribution is -2.29. The molecule has 1 N–H and O–H groups in total. The van der Waals surface area contributed by atoms with Gasteiger partial charge in [-0.05, 0) is 45.3 Å². The Morgan fingerprint density at radius 2 is 1.97 bits per heavy atom. The molecule has 6 nitrogen and oxygen atoms in total. The normalized spacial score (nSPS) is 14.2. The summed E-state index contributed by atoms with van der Waals surface area (Å²) in [5.74, 6) is 0.104. The van der Waals surface area contributed by atoms with Gasteiger partial charge in [-0.15, -0.1) is 0 Å². The number of carbonyl (C=O) groups is 2. The van der Waals surface area contributed by atoms with Gasteiger partial charge in [0.1, 0.15) is 0 Å². The van der Waals surface area contributed by atoms with Gasteiger partial charge in [-0.2, -0.15) is 5.10 Å². The highest BCUT2D eigenvalue weighted by Gasteiger charge is 2.19. The van der Waals surface area contributed by atoms with Gasteiger partial charge in [0.15, 0.2) is 0 Å². The van der Waals surface area contributed by atoms with Crippen molar-refractivity contribution in [3.63, 3.8) is 0 Å². The maximum absolute atomic E-state index is 12.1. The number of amides is 2. The van der Waals surface area contributed by atoms with Crippen LogP contribution in [0.5, 0.6) is 0 Å². The minimum Gasteiger partial charge on any atom is -0.352 e. The van der Waals surface area contributed by atoms with Crippen molar-refractivity contribution in [1.82, 2.24) is 20.0 Å². The fraction of sp³-hybridized carbons (Fsp3) is 0.435. The Kier molecular flexibility index (Phi) is 6.86. The zero-order valence-electron chi connectivity index (χ0n) is 17.6. The summed E-state index contributed by atoms with van der Waals surface area (Å²) in [5, 5.41) is 7.52. The number of rotatable bonds is 8. The Hall–Kier alpha value is -2.89. The third-order valence-electron chi connectivity index (χ3n) is 5.37. The van der Waals surface area contributed by atoms with Gasteiger partial charge < -0.3 is 10.2 Å². The summed E-state index contributed by atoms with van der Waals surface area (Å²) in [6.07, 6.45) is 5.78. The van der Waals surface area contributed by atoms with Crippen molar-refractivity contribution in [3.8, 4) is 0 Å². The van der Waals surface area contributed by atoms with Crippen LogP contribution in [0.2, 0.25) is 0 Å². The molecule has 0 aliphatic carbocycles. The van der Waals surface area contributed by atoms with E-state index in [1.807, 2.05) is 29.5 Å². The first-order valence-electron chi connectivity index (χ1n) is 10.3. The van der Waals surface area contributed by atoms with Gasteiger partial charge in [-0.3, -0.25) is 14.3 Å². The SMILES string of the molecule is Cc1ccc(Cn2nc(C)c(/C=C/C(=O)NCCCN3CCCC3=O)c2C)cc1. The standard InChI is InChI=1S/C23H30N4O2/c1-17-7-9-20(10-8-17)16-27-19(3)21(18(2)25-27)11-12-22(28)24-13-5-15-26-14-4-6-23(26)29/h7-12H,4-6,13-16H2,1-3H3,(H,24,28)/b12-11+. The van der Waals surface area contributed by atoms with Crippen LogP contribution in [0.4, 0.5) is 0 Å². The summed E-state index contributed by atoms with van der Waals surface area (Å²) in [6.45, 7) is 8.90. The van der Waals surface area contributed by atoms with E-state index in [1.165, 1.54) is 11.1 Å². The lowest BCUT2D eigenvalue weighted by Gasteiger charge is -2.14. The maximum Gasteiger partial charge on any atom is 0.244 e. The molecule has 0 bridgehead atoms. The van der Waals surface area contributed by atoms with Crippen molar-refractivity contribution in [3.05, 3.63) is 58.4 Å². The van der Waals surface area contributed by atoms with E-state index < -0.39 is 0 Å². The number of aromatic nitrogens is 2. The predicted molar refractivity (Wildman–Crippen MR) is 114 cm³/mol. The van der Waals surface area contributed by atoms with E-state index in [2.05, 4.69) is 41.6 Å². The number of hydrogen-bond acceptors (Lipinski definition) is 3. The number of nitrogens with zero attached hydrogens (tertiary/aromatic N) is 3. The van der Waals surface area contributed by atoms with Crippen molar-refractivity contribution in [2.45, 2.75) is 46.6 Å². The number of likely N-dealkylation sites (tertiary alicyclic amines) is 1. The molecule has 29 heavy (non-hydrogen) atoms. The molecule has 1 aromatic carbocycles. The monoisotopic (exact) mass is 394 g/mol. The Balaban J connectivity index is 1.51. The molecule has 0 spiro atoms. The van der Waals surface area contributed by atoms with Crippen molar-refractivity contribution < 1.29 is 9.59 Å². The molecule has 1 aromatic heterocycles. The fourth-order valence-electron chi connectivity index (χ4n) is 3.61. The van der Waals surface area contributed by atoms with Crippen LogP contribution in [0.3, 0.4) is 0 Å². The first-order valence-corrected chi connectivity index (χ1v) is 10.3. The topological polar surface area (TPSA) is 67.2 Å². The van der Waals surface area contributed by atoms with Crippen molar-refractivity contribution in [2.75, 3.05) is 19.6 Å². The Morgan fingerprint density at radius 3 is 2.66 bits per heavy atom. The molecule has 6 heteroatoms. The number of aryl methyl sites for hydroxylation is 2. The highest BCUT2D eigenvalue weighted by atomic mass is 16.2. The molecule has 154 valence electrons. The highest BCUT2D eigenvalue weighted by Crippen LogP contribution is 2.17. The van der Waals surface area contributed by atoms with E-state index in [4.69, 9.17) is 0 Å². The van der Waals surface area contributed by atoms with Crippen LogP contribution in [0.1, 0.15) is 47.3 Å². The van der Waals surface area contributed by atoms with Crippen molar-refractivity contribution >= 4 is 17.9 Å². The van der Waals surface area contributed by atoms with Crippen LogP contribution in [0.15, 0.2) is 30.3 Å². The molecule has 2 heterocycles. The summed E-state index contributed by atoms with van der Waals surface area (Å²) in [5.41, 5.74) is 5.37. The Morgan fingerprint density at radius 1 is 1.21 bits per heavy atom. The summed E-state index contributed by atoms with van der Waals surface area (Å²) in [7, 11) is 0. The van der Waals surface area contributed by atoms with E-state index in [0.29, 0.717) is 26.1 Å². The quantitative estimate of drug-likeness (QED) is 0.553. The van der Waals surface area contributed by atoms with E-state index in [0.717, 1.165) is 36.3 Å². The van der Waals surface area contributed by atoms with E-state index in [1.54, 1.807) is 6.08 Å². The van der Waals surface area contributed by atoms with Gasteiger partial charge in [0, 0.05) is 43.4 Å². The van der Waals surface area contributed by atoms with Crippen LogP contribution in [-0.2, 0) is 16.1 Å². The smallest absolute Gasteiger partial charge is 0.244 e. The van der Waals surface area contributed by atoms with Gasteiger partial charge >= 0.3 is 0 Å². The molecule has 2 aromatic rings. The lowest BCUT2D eigenvalue weighted by molar-refractivity contribution is -0.127. The predicted octanol–water partition coefficient (Wildman–Crippen LogP) is 3.00. The first kappa shape index (κ1) is 20.8. The molecule has 1 aliphatic heterocycles. The Bertz CT molecular complexity index is 896. The Labute approximate surface area is 172 Å². The summed E-state index contributed by atoms with van der Waals surface area (Å²) in [4.78, 5) is 25.6. The second kappa shape index (κ2) is 9.54. The summed E-state index contributed by atoms with van der Waals surface area (Å²) in [6, 6.07) is 8.44. The minimum atomic E-state index is -0.122. The van der Waals surface area contributed by atoms with Gasteiger partial charge in [0.05, 0.1) is 12.2 Å². The fourth-order valence-corrected chi connectivity index (χ4v) is 3.61. The molecule has 1 saturated heterocycles. The molecular formula is C23H30N4O2. The van der Waals surface area contributed by atoms with Crippen LogP contribution in [0, 0.1) is 20.8 Å². The minimum absolute atomic E-state index is 0.122. The van der Waals surface area contributed by atoms with E-state index in [-0.39, 0.29) is 11.8 Å². The molecule has 0 saturated carbocycles. The molecule has 3 rings (SSSR count). The third kappa shape index (κ3) is 5.56. The molecule has 1 aliphatic rings. The van der Waals surface area contributed by atoms with Gasteiger partial charge in [-0.1, -0.05) is 29.8 Å². The molecule has 2 amide bonds. The van der Waals surface area contributed by atoms with Crippen LogP contribution in [0.25, 0.3) is 6.08 Å². The molecular weight excluding hydrogens is 364 g/mol. The zero-order valence-corrected chi connectivity index (χ0v) is 17.6. The lowest BCUT2D eigenvalue weighted by atomic mass is 10.1. The second-order valence-electron chi connectivity index (χ2n) is 7.69.